The quantitative estimate of drug-likeness (QED) is 0.600. The van der Waals surface area contributed by atoms with Gasteiger partial charge in [0.05, 0.1) is 11.2 Å². The molecule has 1 radical (unpaired) electrons. The molecule has 0 spiro atoms. The molecule has 3 aromatic rings. The van der Waals surface area contributed by atoms with Crippen LogP contribution in [-0.4, -0.2) is 4.98 Å². The molecule has 1 nitrogen and oxygen atoms in total. The average molecular weight is 260 g/mol. The first kappa shape index (κ1) is 12.9. The molecule has 0 aliphatic rings. The predicted octanol–water partition coefficient (Wildman–Crippen LogP) is 5.00. The first-order valence-corrected chi connectivity index (χ1v) is 6.92. The van der Waals surface area contributed by atoms with E-state index >= 15 is 0 Å². The normalized spacial score (nSPS) is 11.8. The summed E-state index contributed by atoms with van der Waals surface area (Å²) in [5.74, 6) is 0. The predicted molar refractivity (Wildman–Crippen MR) is 84.7 cm³/mol. The molecule has 0 aliphatic carbocycles. The van der Waals surface area contributed by atoms with Crippen molar-refractivity contribution in [2.75, 3.05) is 0 Å². The fourth-order valence-electron chi connectivity index (χ4n) is 2.29. The van der Waals surface area contributed by atoms with Crippen LogP contribution in [0.1, 0.15) is 26.3 Å². The molecule has 0 amide bonds. The molecule has 0 aliphatic heterocycles. The summed E-state index contributed by atoms with van der Waals surface area (Å²) in [6.07, 6.45) is 0. The van der Waals surface area contributed by atoms with Crippen LogP contribution in [0.15, 0.2) is 54.6 Å². The highest BCUT2D eigenvalue weighted by molar-refractivity contribution is 5.81. The first-order chi connectivity index (χ1) is 9.54. The SMILES string of the molecule is CC(C)(C)c1[c]ccc(-c2ccc3ccccc3n2)c1. The van der Waals surface area contributed by atoms with Crippen LogP contribution < -0.4 is 0 Å². The smallest absolute Gasteiger partial charge is 0.0709 e. The van der Waals surface area contributed by atoms with Gasteiger partial charge in [0.1, 0.15) is 0 Å². The van der Waals surface area contributed by atoms with Crippen molar-refractivity contribution in [1.82, 2.24) is 4.98 Å². The van der Waals surface area contributed by atoms with Gasteiger partial charge in [-0.25, -0.2) is 4.98 Å². The molecule has 1 heteroatoms. The van der Waals surface area contributed by atoms with Gasteiger partial charge in [0, 0.05) is 10.9 Å². The van der Waals surface area contributed by atoms with Crippen LogP contribution in [0.5, 0.6) is 0 Å². The molecular formula is C19H18N. The summed E-state index contributed by atoms with van der Waals surface area (Å²) >= 11 is 0. The lowest BCUT2D eigenvalue weighted by Gasteiger charge is -2.19. The van der Waals surface area contributed by atoms with Crippen LogP contribution in [0.4, 0.5) is 0 Å². The van der Waals surface area contributed by atoms with Gasteiger partial charge in [-0.05, 0) is 35.2 Å². The van der Waals surface area contributed by atoms with Gasteiger partial charge in [-0.1, -0.05) is 57.2 Å². The van der Waals surface area contributed by atoms with Crippen molar-refractivity contribution >= 4 is 10.9 Å². The van der Waals surface area contributed by atoms with Crippen molar-refractivity contribution in [1.29, 1.82) is 0 Å². The summed E-state index contributed by atoms with van der Waals surface area (Å²) < 4.78 is 0. The van der Waals surface area contributed by atoms with Gasteiger partial charge in [-0.3, -0.25) is 0 Å². The van der Waals surface area contributed by atoms with E-state index < -0.39 is 0 Å². The highest BCUT2D eigenvalue weighted by Gasteiger charge is 2.14. The van der Waals surface area contributed by atoms with E-state index in [9.17, 15) is 0 Å². The third-order valence-electron chi connectivity index (χ3n) is 3.50. The number of nitrogens with zero attached hydrogens (tertiary/aromatic N) is 1. The zero-order chi connectivity index (χ0) is 14.2. The Morgan fingerprint density at radius 2 is 1.75 bits per heavy atom. The summed E-state index contributed by atoms with van der Waals surface area (Å²) in [5.41, 5.74) is 4.52. The molecular weight excluding hydrogens is 242 g/mol. The minimum absolute atomic E-state index is 0.104. The van der Waals surface area contributed by atoms with E-state index in [4.69, 9.17) is 4.98 Å². The van der Waals surface area contributed by atoms with Gasteiger partial charge in [-0.15, -0.1) is 0 Å². The molecule has 20 heavy (non-hydrogen) atoms. The Hall–Kier alpha value is -2.15. The van der Waals surface area contributed by atoms with Crippen molar-refractivity contribution in [3.05, 3.63) is 66.2 Å². The number of aromatic nitrogens is 1. The highest BCUT2D eigenvalue weighted by Crippen LogP contribution is 2.27. The van der Waals surface area contributed by atoms with Crippen molar-refractivity contribution < 1.29 is 0 Å². The van der Waals surface area contributed by atoms with Gasteiger partial charge < -0.3 is 0 Å². The van der Waals surface area contributed by atoms with Gasteiger partial charge in [0.25, 0.3) is 0 Å². The Morgan fingerprint density at radius 3 is 2.55 bits per heavy atom. The van der Waals surface area contributed by atoms with Gasteiger partial charge in [0.2, 0.25) is 0 Å². The lowest BCUT2D eigenvalue weighted by Crippen LogP contribution is -2.11. The molecule has 2 aromatic carbocycles. The van der Waals surface area contributed by atoms with Gasteiger partial charge >= 0.3 is 0 Å². The number of hydrogen-bond acceptors (Lipinski definition) is 1. The Bertz CT molecular complexity index is 751. The molecule has 1 aromatic heterocycles. The molecule has 0 fully saturated rings. The monoisotopic (exact) mass is 260 g/mol. The number of hydrogen-bond donors (Lipinski definition) is 0. The fourth-order valence-corrected chi connectivity index (χ4v) is 2.29. The second-order valence-electron chi connectivity index (χ2n) is 6.13. The van der Waals surface area contributed by atoms with Crippen molar-refractivity contribution in [3.8, 4) is 11.3 Å². The summed E-state index contributed by atoms with van der Waals surface area (Å²) in [5, 5.41) is 1.18. The standard InChI is InChI=1S/C19H18N/c1-19(2,3)16-9-6-8-15(13-16)18-12-11-14-7-4-5-10-17(14)20-18/h4-8,10-13H,1-3H3. The number of para-hydroxylation sites is 1. The lowest BCUT2D eigenvalue weighted by molar-refractivity contribution is 0.589. The number of rotatable bonds is 1. The fraction of sp³-hybridized carbons (Fsp3) is 0.211. The Balaban J connectivity index is 2.11. The molecule has 99 valence electrons. The van der Waals surface area contributed by atoms with Crippen LogP contribution in [0, 0.1) is 6.07 Å². The number of fused-ring (bicyclic) bond motifs is 1. The van der Waals surface area contributed by atoms with Crippen LogP contribution >= 0.6 is 0 Å². The largest absolute Gasteiger partial charge is 0.248 e. The van der Waals surface area contributed by atoms with E-state index in [1.807, 2.05) is 18.2 Å². The minimum atomic E-state index is 0.104. The van der Waals surface area contributed by atoms with Crippen LogP contribution in [-0.2, 0) is 5.41 Å². The first-order valence-electron chi connectivity index (χ1n) is 6.92. The molecule has 0 atom stereocenters. The molecule has 0 unspecified atom stereocenters. The molecule has 0 saturated carbocycles. The van der Waals surface area contributed by atoms with E-state index in [2.05, 4.69) is 63.2 Å². The van der Waals surface area contributed by atoms with Crippen LogP contribution in [0.3, 0.4) is 0 Å². The summed E-state index contributed by atoms with van der Waals surface area (Å²) in [7, 11) is 0. The second kappa shape index (κ2) is 4.75. The third-order valence-corrected chi connectivity index (χ3v) is 3.50. The third kappa shape index (κ3) is 2.44. The molecule has 3 rings (SSSR count). The summed E-state index contributed by atoms with van der Waals surface area (Å²) in [6, 6.07) is 22.0. The molecule has 0 N–H and O–H groups in total. The topological polar surface area (TPSA) is 12.9 Å². The Kier molecular flexibility index (Phi) is 3.06. The van der Waals surface area contributed by atoms with Crippen LogP contribution in [0.25, 0.3) is 22.2 Å². The maximum absolute atomic E-state index is 4.75. The van der Waals surface area contributed by atoms with E-state index in [0.29, 0.717) is 0 Å². The Morgan fingerprint density at radius 1 is 0.950 bits per heavy atom. The summed E-state index contributed by atoms with van der Waals surface area (Å²) in [6.45, 7) is 6.61. The van der Waals surface area contributed by atoms with Gasteiger partial charge in [0.15, 0.2) is 0 Å². The van der Waals surface area contributed by atoms with E-state index in [1.165, 1.54) is 10.9 Å². The minimum Gasteiger partial charge on any atom is -0.248 e. The van der Waals surface area contributed by atoms with Crippen molar-refractivity contribution in [2.45, 2.75) is 26.2 Å². The number of benzene rings is 2. The van der Waals surface area contributed by atoms with Crippen molar-refractivity contribution in [3.63, 3.8) is 0 Å². The van der Waals surface area contributed by atoms with E-state index in [1.54, 1.807) is 0 Å². The maximum Gasteiger partial charge on any atom is 0.0709 e. The van der Waals surface area contributed by atoms with Crippen molar-refractivity contribution in [2.24, 2.45) is 0 Å². The molecule has 1 heterocycles. The average Bonchev–Trinajstić information content (AvgIpc) is 2.46. The Labute approximate surface area is 120 Å². The highest BCUT2D eigenvalue weighted by atomic mass is 14.7. The van der Waals surface area contributed by atoms with Gasteiger partial charge in [-0.2, -0.15) is 0 Å². The maximum atomic E-state index is 4.75. The van der Waals surface area contributed by atoms with Crippen LogP contribution in [0.2, 0.25) is 0 Å². The summed E-state index contributed by atoms with van der Waals surface area (Å²) in [4.78, 5) is 4.75. The zero-order valence-electron chi connectivity index (χ0n) is 12.1. The molecule has 0 bridgehead atoms. The lowest BCUT2D eigenvalue weighted by atomic mass is 9.86. The number of pyridine rings is 1. The second-order valence-corrected chi connectivity index (χ2v) is 6.13. The van der Waals surface area contributed by atoms with E-state index in [-0.39, 0.29) is 5.41 Å². The molecule has 0 saturated heterocycles. The van der Waals surface area contributed by atoms with E-state index in [0.717, 1.165) is 16.8 Å². The zero-order valence-corrected chi connectivity index (χ0v) is 12.1.